The Hall–Kier alpha value is -2.08. The lowest BCUT2D eigenvalue weighted by Crippen LogP contribution is -2.47. The molecular weight excluding hydrogens is 455 g/mol. The molecule has 1 saturated heterocycles. The van der Waals surface area contributed by atoms with Crippen molar-refractivity contribution in [2.75, 3.05) is 39.3 Å². The van der Waals surface area contributed by atoms with Crippen LogP contribution in [0.1, 0.15) is 24.1 Å². The molecule has 1 fully saturated rings. The van der Waals surface area contributed by atoms with Crippen molar-refractivity contribution in [3.8, 4) is 11.5 Å². The van der Waals surface area contributed by atoms with E-state index in [0.29, 0.717) is 12.6 Å². The maximum Gasteiger partial charge on any atom is 0.132 e. The smallest absolute Gasteiger partial charge is 0.132 e. The summed E-state index contributed by atoms with van der Waals surface area (Å²) in [6.07, 6.45) is 0. The average Bonchev–Trinajstić information content (AvgIpc) is 2.84. The molecule has 0 radical (unpaired) electrons. The Balaban J connectivity index is 0.00000193. The minimum absolute atomic E-state index is 0. The van der Waals surface area contributed by atoms with E-state index in [-0.39, 0.29) is 24.8 Å². The number of nitrogens with zero attached hydrogens (tertiary/aromatic N) is 2. The van der Waals surface area contributed by atoms with Gasteiger partial charge in [-0.2, -0.15) is 0 Å². The van der Waals surface area contributed by atoms with Gasteiger partial charge in [0.05, 0.1) is 13.2 Å². The molecule has 1 heterocycles. The Morgan fingerprint density at radius 2 is 1.36 bits per heavy atom. The Bertz CT molecular complexity index is 920. The number of halogens is 2. The second-order valence-electron chi connectivity index (χ2n) is 8.04. The van der Waals surface area contributed by atoms with Crippen LogP contribution in [0.4, 0.5) is 0 Å². The van der Waals surface area contributed by atoms with Crippen molar-refractivity contribution >= 4 is 24.8 Å². The summed E-state index contributed by atoms with van der Waals surface area (Å²) in [5.74, 6) is 1.70. The molecule has 1 unspecified atom stereocenters. The summed E-state index contributed by atoms with van der Waals surface area (Å²) >= 11 is 0. The summed E-state index contributed by atoms with van der Waals surface area (Å²) in [4.78, 5) is 5.07. The molecule has 4 nitrogen and oxygen atoms in total. The molecule has 178 valence electrons. The number of rotatable bonds is 9. The number of piperazine rings is 1. The second kappa shape index (κ2) is 14.2. The first kappa shape index (κ1) is 27.2. The van der Waals surface area contributed by atoms with Crippen LogP contribution in [0.2, 0.25) is 0 Å². The van der Waals surface area contributed by atoms with Crippen LogP contribution in [0.3, 0.4) is 0 Å². The highest BCUT2D eigenvalue weighted by atomic mass is 35.5. The molecule has 3 aromatic rings. The van der Waals surface area contributed by atoms with E-state index in [0.717, 1.165) is 56.4 Å². The van der Waals surface area contributed by atoms with Crippen LogP contribution in [0.15, 0.2) is 84.9 Å². The molecule has 33 heavy (non-hydrogen) atoms. The molecule has 4 rings (SSSR count). The predicted molar refractivity (Wildman–Crippen MR) is 140 cm³/mol. The van der Waals surface area contributed by atoms with Crippen molar-refractivity contribution in [3.63, 3.8) is 0 Å². The van der Waals surface area contributed by atoms with E-state index in [9.17, 15) is 0 Å². The van der Waals surface area contributed by atoms with E-state index in [2.05, 4.69) is 53.1 Å². The van der Waals surface area contributed by atoms with Gasteiger partial charge in [0.15, 0.2) is 0 Å². The lowest BCUT2D eigenvalue weighted by Gasteiger charge is -2.38. The molecule has 0 spiro atoms. The van der Waals surface area contributed by atoms with Gasteiger partial charge in [0.2, 0.25) is 0 Å². The van der Waals surface area contributed by atoms with Gasteiger partial charge in [0.25, 0.3) is 0 Å². The zero-order valence-electron chi connectivity index (χ0n) is 19.1. The quantitative estimate of drug-likeness (QED) is 0.333. The van der Waals surface area contributed by atoms with Crippen LogP contribution in [0, 0.1) is 0 Å². The van der Waals surface area contributed by atoms with Gasteiger partial charge in [-0.3, -0.25) is 9.80 Å². The van der Waals surface area contributed by atoms with Gasteiger partial charge in [-0.05, 0) is 30.7 Å². The standard InChI is InChI=1S/C27H32N2O2.2ClH/c1-23(24-10-4-2-5-11-24)29-18-16-28(17-19-29)20-21-30-22-25-12-8-9-15-27(25)31-26-13-6-3-7-14-26;;/h2-15,23H,16-22H2,1H3;2*1H. The van der Waals surface area contributed by atoms with Crippen molar-refractivity contribution in [2.45, 2.75) is 19.6 Å². The van der Waals surface area contributed by atoms with Crippen LogP contribution >= 0.6 is 24.8 Å². The average molecular weight is 489 g/mol. The minimum Gasteiger partial charge on any atom is -0.457 e. The summed E-state index contributed by atoms with van der Waals surface area (Å²) in [7, 11) is 0. The Morgan fingerprint density at radius 1 is 0.758 bits per heavy atom. The molecule has 0 N–H and O–H groups in total. The molecule has 1 atom stereocenters. The third-order valence-corrected chi connectivity index (χ3v) is 5.99. The van der Waals surface area contributed by atoms with Crippen LogP contribution in [0.5, 0.6) is 11.5 Å². The van der Waals surface area contributed by atoms with Gasteiger partial charge in [-0.25, -0.2) is 0 Å². The molecule has 0 aromatic heterocycles. The Morgan fingerprint density at radius 3 is 2.06 bits per heavy atom. The first-order valence-corrected chi connectivity index (χ1v) is 11.2. The minimum atomic E-state index is 0. The molecule has 1 aliphatic heterocycles. The second-order valence-corrected chi connectivity index (χ2v) is 8.04. The first-order valence-electron chi connectivity index (χ1n) is 11.2. The van der Waals surface area contributed by atoms with E-state index in [4.69, 9.17) is 9.47 Å². The number of hydrogen-bond donors (Lipinski definition) is 0. The molecule has 0 aliphatic carbocycles. The van der Waals surface area contributed by atoms with E-state index >= 15 is 0 Å². The number of para-hydroxylation sites is 2. The third-order valence-electron chi connectivity index (χ3n) is 5.99. The number of ether oxygens (including phenoxy) is 2. The van der Waals surface area contributed by atoms with E-state index in [1.54, 1.807) is 0 Å². The summed E-state index contributed by atoms with van der Waals surface area (Å²) in [5, 5.41) is 0. The van der Waals surface area contributed by atoms with Crippen LogP contribution < -0.4 is 4.74 Å². The molecule has 0 saturated carbocycles. The zero-order chi connectivity index (χ0) is 21.3. The van der Waals surface area contributed by atoms with Crippen LogP contribution in [-0.2, 0) is 11.3 Å². The first-order chi connectivity index (χ1) is 15.3. The molecule has 1 aliphatic rings. The lowest BCUT2D eigenvalue weighted by molar-refractivity contribution is 0.0577. The number of hydrogen-bond acceptors (Lipinski definition) is 4. The fourth-order valence-electron chi connectivity index (χ4n) is 4.03. The van der Waals surface area contributed by atoms with E-state index in [1.807, 2.05) is 48.5 Å². The van der Waals surface area contributed by atoms with Crippen molar-refractivity contribution in [1.29, 1.82) is 0 Å². The van der Waals surface area contributed by atoms with Gasteiger partial charge in [0, 0.05) is 44.3 Å². The molecule has 0 bridgehead atoms. The highest BCUT2D eigenvalue weighted by molar-refractivity contribution is 5.85. The van der Waals surface area contributed by atoms with Gasteiger partial charge >= 0.3 is 0 Å². The molecule has 3 aromatic carbocycles. The van der Waals surface area contributed by atoms with Crippen LogP contribution in [0.25, 0.3) is 0 Å². The SMILES string of the molecule is CC(c1ccccc1)N1CCN(CCOCc2ccccc2Oc2ccccc2)CC1.Cl.Cl. The van der Waals surface area contributed by atoms with E-state index in [1.165, 1.54) is 5.56 Å². The largest absolute Gasteiger partial charge is 0.457 e. The summed E-state index contributed by atoms with van der Waals surface area (Å²) in [6, 6.07) is 29.3. The van der Waals surface area contributed by atoms with Gasteiger partial charge in [0.1, 0.15) is 11.5 Å². The van der Waals surface area contributed by atoms with Crippen molar-refractivity contribution < 1.29 is 9.47 Å². The maximum atomic E-state index is 6.03. The molecular formula is C27H34Cl2N2O2. The lowest BCUT2D eigenvalue weighted by atomic mass is 10.1. The highest BCUT2D eigenvalue weighted by Crippen LogP contribution is 2.25. The third kappa shape index (κ3) is 8.02. The number of benzene rings is 3. The Kier molecular flexibility index (Phi) is 11.7. The van der Waals surface area contributed by atoms with E-state index < -0.39 is 0 Å². The summed E-state index contributed by atoms with van der Waals surface area (Å²) in [5.41, 5.74) is 2.48. The summed E-state index contributed by atoms with van der Waals surface area (Å²) in [6.45, 7) is 8.95. The van der Waals surface area contributed by atoms with Gasteiger partial charge in [-0.15, -0.1) is 24.8 Å². The topological polar surface area (TPSA) is 24.9 Å². The fraction of sp³-hybridized carbons (Fsp3) is 0.333. The van der Waals surface area contributed by atoms with Gasteiger partial charge < -0.3 is 9.47 Å². The van der Waals surface area contributed by atoms with Gasteiger partial charge in [-0.1, -0.05) is 66.7 Å². The summed E-state index contributed by atoms with van der Waals surface area (Å²) < 4.78 is 12.0. The molecule has 6 heteroatoms. The van der Waals surface area contributed by atoms with Crippen LogP contribution in [-0.4, -0.2) is 49.1 Å². The Labute approximate surface area is 210 Å². The van der Waals surface area contributed by atoms with Crippen molar-refractivity contribution in [1.82, 2.24) is 9.80 Å². The normalized spacial score (nSPS) is 15.2. The zero-order valence-corrected chi connectivity index (χ0v) is 20.8. The molecule has 0 amide bonds. The van der Waals surface area contributed by atoms with Crippen molar-refractivity contribution in [3.05, 3.63) is 96.1 Å². The predicted octanol–water partition coefficient (Wildman–Crippen LogP) is 6.22. The maximum absolute atomic E-state index is 6.03. The van der Waals surface area contributed by atoms with Crippen molar-refractivity contribution in [2.24, 2.45) is 0 Å². The highest BCUT2D eigenvalue weighted by Gasteiger charge is 2.21. The fourth-order valence-corrected chi connectivity index (χ4v) is 4.03. The monoisotopic (exact) mass is 488 g/mol.